The zero-order chi connectivity index (χ0) is 12.3. The second-order valence-corrected chi connectivity index (χ2v) is 4.18. The lowest BCUT2D eigenvalue weighted by molar-refractivity contribution is -0.157. The molecule has 0 saturated carbocycles. The molecule has 0 radical (unpaired) electrons. The number of benzene rings is 1. The fourth-order valence-electron chi connectivity index (χ4n) is 2.22. The van der Waals surface area contributed by atoms with Crippen LogP contribution in [0.3, 0.4) is 0 Å². The van der Waals surface area contributed by atoms with Gasteiger partial charge in [-0.05, 0) is 12.5 Å². The van der Waals surface area contributed by atoms with Crippen molar-refractivity contribution in [3.8, 4) is 0 Å². The van der Waals surface area contributed by atoms with Crippen LogP contribution < -0.4 is 5.32 Å². The highest BCUT2D eigenvalue weighted by Crippen LogP contribution is 2.36. The molecule has 2 atom stereocenters. The second-order valence-electron chi connectivity index (χ2n) is 4.18. The summed E-state index contributed by atoms with van der Waals surface area (Å²) in [6.45, 7) is 2.36. The van der Waals surface area contributed by atoms with Crippen LogP contribution in [0, 0.1) is 0 Å². The summed E-state index contributed by atoms with van der Waals surface area (Å²) in [6, 6.07) is 9.24. The maximum atomic E-state index is 14.7. The lowest BCUT2D eigenvalue weighted by Gasteiger charge is -2.24. The molecule has 1 N–H and O–H groups in total. The number of carbonyl (C=O) groups is 1. The van der Waals surface area contributed by atoms with Gasteiger partial charge in [-0.1, -0.05) is 30.3 Å². The molecule has 1 saturated heterocycles. The van der Waals surface area contributed by atoms with Crippen LogP contribution in [0.1, 0.15) is 18.4 Å². The van der Waals surface area contributed by atoms with Crippen molar-refractivity contribution in [3.63, 3.8) is 0 Å². The van der Waals surface area contributed by atoms with Crippen LogP contribution in [-0.2, 0) is 9.53 Å². The molecule has 0 unspecified atom stereocenters. The quantitative estimate of drug-likeness (QED) is 0.857. The molecule has 1 aliphatic rings. The van der Waals surface area contributed by atoms with Crippen molar-refractivity contribution in [2.45, 2.75) is 18.5 Å². The molecule has 18 heavy (non-hydrogen) atoms. The standard InChI is InChI=1S/C13H16FNO2.ClH/c1-2-17-12(16)13(14)9-15-8-11(13)10-6-4-3-5-7-10;/h3-7,11,15H,2,8-9H2,1H3;1H/t11-,13+;/m1./s1. The number of ether oxygens (including phenoxy) is 1. The summed E-state index contributed by atoms with van der Waals surface area (Å²) in [7, 11) is 0. The van der Waals surface area contributed by atoms with E-state index in [2.05, 4.69) is 5.32 Å². The van der Waals surface area contributed by atoms with Crippen LogP contribution in [0.2, 0.25) is 0 Å². The van der Waals surface area contributed by atoms with Crippen LogP contribution in [-0.4, -0.2) is 31.3 Å². The average Bonchev–Trinajstić information content (AvgIpc) is 2.74. The summed E-state index contributed by atoms with van der Waals surface area (Å²) in [4.78, 5) is 11.7. The fourth-order valence-corrected chi connectivity index (χ4v) is 2.22. The monoisotopic (exact) mass is 273 g/mol. The van der Waals surface area contributed by atoms with Crippen LogP contribution in [0.5, 0.6) is 0 Å². The Morgan fingerprint density at radius 3 is 2.78 bits per heavy atom. The Morgan fingerprint density at radius 1 is 1.50 bits per heavy atom. The number of nitrogens with one attached hydrogen (secondary N) is 1. The van der Waals surface area contributed by atoms with Crippen molar-refractivity contribution in [1.82, 2.24) is 5.32 Å². The Balaban J connectivity index is 0.00000162. The SMILES string of the molecule is CCOC(=O)[C@]1(F)CNC[C@@H]1c1ccccc1.Cl. The molecule has 0 aromatic heterocycles. The number of alkyl halides is 1. The van der Waals surface area contributed by atoms with Gasteiger partial charge in [0.1, 0.15) is 0 Å². The molecule has 1 aliphatic heterocycles. The number of hydrogen-bond acceptors (Lipinski definition) is 3. The van der Waals surface area contributed by atoms with E-state index in [0.29, 0.717) is 6.54 Å². The van der Waals surface area contributed by atoms with Crippen LogP contribution in [0.15, 0.2) is 30.3 Å². The van der Waals surface area contributed by atoms with Crippen LogP contribution in [0.25, 0.3) is 0 Å². The first-order valence-corrected chi connectivity index (χ1v) is 5.80. The van der Waals surface area contributed by atoms with Gasteiger partial charge < -0.3 is 10.1 Å². The average molecular weight is 274 g/mol. The molecule has 1 heterocycles. The van der Waals surface area contributed by atoms with E-state index in [1.807, 2.05) is 30.3 Å². The van der Waals surface area contributed by atoms with Crippen molar-refractivity contribution in [1.29, 1.82) is 0 Å². The third kappa shape index (κ3) is 2.65. The molecule has 0 aliphatic carbocycles. The van der Waals surface area contributed by atoms with Gasteiger partial charge in [-0.2, -0.15) is 0 Å². The summed E-state index contributed by atoms with van der Waals surface area (Å²) in [5, 5.41) is 2.92. The van der Waals surface area contributed by atoms with Crippen molar-refractivity contribution in [2.75, 3.05) is 19.7 Å². The molecule has 100 valence electrons. The molecule has 0 amide bonds. The van der Waals surface area contributed by atoms with Crippen LogP contribution in [0.4, 0.5) is 4.39 Å². The van der Waals surface area contributed by atoms with Gasteiger partial charge in [-0.3, -0.25) is 0 Å². The minimum absolute atomic E-state index is 0. The first-order valence-electron chi connectivity index (χ1n) is 5.80. The summed E-state index contributed by atoms with van der Waals surface area (Å²) in [5.74, 6) is -1.23. The van der Waals surface area contributed by atoms with E-state index in [9.17, 15) is 9.18 Å². The first kappa shape index (κ1) is 14.9. The number of hydrogen-bond donors (Lipinski definition) is 1. The van der Waals surface area contributed by atoms with Crippen molar-refractivity contribution in [3.05, 3.63) is 35.9 Å². The molecule has 1 aromatic carbocycles. The Kier molecular flexibility index (Phi) is 5.11. The minimum Gasteiger partial charge on any atom is -0.464 e. The van der Waals surface area contributed by atoms with Crippen molar-refractivity contribution < 1.29 is 13.9 Å². The number of carbonyl (C=O) groups excluding carboxylic acids is 1. The predicted molar refractivity (Wildman–Crippen MR) is 69.8 cm³/mol. The predicted octanol–water partition coefficient (Wildman–Crippen LogP) is 2.07. The van der Waals surface area contributed by atoms with Gasteiger partial charge in [0.15, 0.2) is 0 Å². The summed E-state index contributed by atoms with van der Waals surface area (Å²) >= 11 is 0. The highest BCUT2D eigenvalue weighted by molar-refractivity contribution is 5.85. The van der Waals surface area contributed by atoms with Crippen molar-refractivity contribution in [2.24, 2.45) is 0 Å². The highest BCUT2D eigenvalue weighted by Gasteiger charge is 2.51. The smallest absolute Gasteiger partial charge is 0.345 e. The van der Waals surface area contributed by atoms with Crippen LogP contribution >= 0.6 is 12.4 Å². The third-order valence-corrected chi connectivity index (χ3v) is 3.10. The molecule has 5 heteroatoms. The van der Waals surface area contributed by atoms with Gasteiger partial charge in [-0.25, -0.2) is 9.18 Å². The van der Waals surface area contributed by atoms with E-state index in [-0.39, 0.29) is 25.6 Å². The maximum absolute atomic E-state index is 14.7. The number of esters is 1. The molecular weight excluding hydrogens is 257 g/mol. The lowest BCUT2D eigenvalue weighted by atomic mass is 9.86. The first-order chi connectivity index (χ1) is 8.18. The molecule has 2 rings (SSSR count). The fraction of sp³-hybridized carbons (Fsp3) is 0.462. The number of rotatable bonds is 3. The molecule has 3 nitrogen and oxygen atoms in total. The molecular formula is C13H17ClFNO2. The van der Waals surface area contributed by atoms with Gasteiger partial charge in [0.25, 0.3) is 0 Å². The lowest BCUT2D eigenvalue weighted by Crippen LogP contribution is -2.42. The molecule has 0 spiro atoms. The van der Waals surface area contributed by atoms with E-state index in [1.165, 1.54) is 0 Å². The number of halogens is 2. The second kappa shape index (κ2) is 6.16. The maximum Gasteiger partial charge on any atom is 0.345 e. The third-order valence-electron chi connectivity index (χ3n) is 3.10. The van der Waals surface area contributed by atoms with E-state index in [1.54, 1.807) is 6.92 Å². The Hall–Kier alpha value is -1.13. The summed E-state index contributed by atoms with van der Waals surface area (Å²) < 4.78 is 19.5. The Morgan fingerprint density at radius 2 is 2.17 bits per heavy atom. The molecule has 1 fully saturated rings. The van der Waals surface area contributed by atoms with Gasteiger partial charge >= 0.3 is 5.97 Å². The van der Waals surface area contributed by atoms with E-state index >= 15 is 0 Å². The molecule has 1 aromatic rings. The zero-order valence-electron chi connectivity index (χ0n) is 10.2. The van der Waals surface area contributed by atoms with Gasteiger partial charge in [0.05, 0.1) is 6.61 Å². The van der Waals surface area contributed by atoms with Gasteiger partial charge in [0.2, 0.25) is 5.67 Å². The van der Waals surface area contributed by atoms with Gasteiger partial charge in [-0.15, -0.1) is 12.4 Å². The Labute approximate surface area is 112 Å². The largest absolute Gasteiger partial charge is 0.464 e. The molecule has 0 bridgehead atoms. The summed E-state index contributed by atoms with van der Waals surface area (Å²) in [6.07, 6.45) is 0. The Bertz CT molecular complexity index is 401. The summed E-state index contributed by atoms with van der Waals surface area (Å²) in [5.41, 5.74) is -1.12. The zero-order valence-corrected chi connectivity index (χ0v) is 11.0. The van der Waals surface area contributed by atoms with E-state index in [0.717, 1.165) is 5.56 Å². The van der Waals surface area contributed by atoms with E-state index in [4.69, 9.17) is 4.74 Å². The normalized spacial score (nSPS) is 26.4. The highest BCUT2D eigenvalue weighted by atomic mass is 35.5. The van der Waals surface area contributed by atoms with E-state index < -0.39 is 17.6 Å². The minimum atomic E-state index is -1.95. The topological polar surface area (TPSA) is 38.3 Å². The van der Waals surface area contributed by atoms with Crippen molar-refractivity contribution >= 4 is 18.4 Å². The van der Waals surface area contributed by atoms with Gasteiger partial charge in [0, 0.05) is 19.0 Å².